The highest BCUT2D eigenvalue weighted by molar-refractivity contribution is 7.89. The summed E-state index contributed by atoms with van der Waals surface area (Å²) in [5.41, 5.74) is 0.630. The van der Waals surface area contributed by atoms with E-state index in [4.69, 9.17) is 0 Å². The van der Waals surface area contributed by atoms with Gasteiger partial charge in [-0.25, -0.2) is 17.2 Å². The molecule has 0 saturated carbocycles. The SMILES string of the molecule is O=[N+]([O-])c1ccc(N2CCN(S(=O)(=O)c3c(F)cccc3F)CC2)c2ccncc12. The lowest BCUT2D eigenvalue weighted by Gasteiger charge is -2.36. The van der Waals surface area contributed by atoms with Crippen LogP contribution in [0.3, 0.4) is 0 Å². The molecule has 11 heteroatoms. The van der Waals surface area contributed by atoms with Crippen molar-refractivity contribution in [3.63, 3.8) is 0 Å². The van der Waals surface area contributed by atoms with Crippen LogP contribution in [0, 0.1) is 21.7 Å². The number of rotatable bonds is 4. The van der Waals surface area contributed by atoms with Crippen LogP contribution >= 0.6 is 0 Å². The zero-order valence-electron chi connectivity index (χ0n) is 15.5. The van der Waals surface area contributed by atoms with Gasteiger partial charge in [0.15, 0.2) is 4.90 Å². The number of fused-ring (bicyclic) bond motifs is 1. The Balaban J connectivity index is 1.62. The monoisotopic (exact) mass is 434 g/mol. The third-order valence-corrected chi connectivity index (χ3v) is 7.02. The molecule has 2 heterocycles. The van der Waals surface area contributed by atoms with E-state index in [9.17, 15) is 27.3 Å². The number of pyridine rings is 1. The summed E-state index contributed by atoms with van der Waals surface area (Å²) >= 11 is 0. The van der Waals surface area contributed by atoms with E-state index in [1.165, 1.54) is 18.5 Å². The standard InChI is InChI=1S/C19H16F2N4O4S/c20-15-2-1-3-16(21)19(15)30(28,29)24-10-8-23(9-11-24)17-4-5-18(25(26)27)14-12-22-7-6-13(14)17/h1-7,12H,8-11H2. The van der Waals surface area contributed by atoms with Crippen molar-refractivity contribution in [2.24, 2.45) is 0 Å². The number of aromatic nitrogens is 1. The van der Waals surface area contributed by atoms with Gasteiger partial charge in [0.2, 0.25) is 10.0 Å². The van der Waals surface area contributed by atoms with Gasteiger partial charge in [0.1, 0.15) is 11.6 Å². The van der Waals surface area contributed by atoms with Gasteiger partial charge in [0.25, 0.3) is 5.69 Å². The highest BCUT2D eigenvalue weighted by Crippen LogP contribution is 2.34. The molecular formula is C19H16F2N4O4S. The van der Waals surface area contributed by atoms with Gasteiger partial charge in [0.05, 0.1) is 10.3 Å². The lowest BCUT2D eigenvalue weighted by atomic mass is 10.1. The number of hydrogen-bond acceptors (Lipinski definition) is 6. The Bertz CT molecular complexity index is 1220. The van der Waals surface area contributed by atoms with Crippen molar-refractivity contribution in [1.29, 1.82) is 0 Å². The Labute approximate surface area is 170 Å². The van der Waals surface area contributed by atoms with E-state index in [0.29, 0.717) is 16.5 Å². The molecule has 1 fully saturated rings. The first-order valence-corrected chi connectivity index (χ1v) is 10.4. The molecule has 1 aliphatic rings. The fraction of sp³-hybridized carbons (Fsp3) is 0.211. The molecule has 4 rings (SSSR count). The van der Waals surface area contributed by atoms with Crippen molar-refractivity contribution in [3.8, 4) is 0 Å². The van der Waals surface area contributed by atoms with Crippen LogP contribution in [0.15, 0.2) is 53.7 Å². The molecule has 0 aliphatic carbocycles. The van der Waals surface area contributed by atoms with Crippen LogP contribution in [0.1, 0.15) is 0 Å². The maximum absolute atomic E-state index is 14.0. The van der Waals surface area contributed by atoms with Crippen LogP contribution in [0.25, 0.3) is 10.8 Å². The topological polar surface area (TPSA) is 96.6 Å². The van der Waals surface area contributed by atoms with E-state index in [-0.39, 0.29) is 31.9 Å². The number of sulfonamides is 1. The zero-order chi connectivity index (χ0) is 21.5. The molecule has 0 atom stereocenters. The number of benzene rings is 2. The van der Waals surface area contributed by atoms with E-state index >= 15 is 0 Å². The van der Waals surface area contributed by atoms with Crippen molar-refractivity contribution < 1.29 is 22.1 Å². The molecule has 1 aliphatic heterocycles. The Kier molecular flexibility index (Phi) is 5.08. The molecule has 3 aromatic rings. The second-order valence-electron chi connectivity index (χ2n) is 6.72. The number of nitro benzene ring substituents is 1. The van der Waals surface area contributed by atoms with Gasteiger partial charge in [-0.3, -0.25) is 15.1 Å². The van der Waals surface area contributed by atoms with Gasteiger partial charge in [-0.15, -0.1) is 0 Å². The minimum atomic E-state index is -4.33. The maximum Gasteiger partial charge on any atom is 0.278 e. The van der Waals surface area contributed by atoms with Gasteiger partial charge >= 0.3 is 0 Å². The molecule has 2 aromatic carbocycles. The number of non-ortho nitro benzene ring substituents is 1. The first kappa shape index (κ1) is 20.1. The quantitative estimate of drug-likeness (QED) is 0.463. The number of anilines is 1. The smallest absolute Gasteiger partial charge is 0.278 e. The van der Waals surface area contributed by atoms with Crippen molar-refractivity contribution in [2.75, 3.05) is 31.1 Å². The number of hydrogen-bond donors (Lipinski definition) is 0. The fourth-order valence-electron chi connectivity index (χ4n) is 3.62. The van der Waals surface area contributed by atoms with Crippen LogP contribution in [0.5, 0.6) is 0 Å². The zero-order valence-corrected chi connectivity index (χ0v) is 16.3. The van der Waals surface area contributed by atoms with Crippen molar-refractivity contribution in [1.82, 2.24) is 9.29 Å². The highest BCUT2D eigenvalue weighted by atomic mass is 32.2. The van der Waals surface area contributed by atoms with Gasteiger partial charge < -0.3 is 4.90 Å². The molecule has 0 N–H and O–H groups in total. The summed E-state index contributed by atoms with van der Waals surface area (Å²) in [7, 11) is -4.33. The lowest BCUT2D eigenvalue weighted by Crippen LogP contribution is -2.49. The van der Waals surface area contributed by atoms with Crippen LogP contribution in [0.2, 0.25) is 0 Å². The molecule has 1 saturated heterocycles. The normalized spacial score (nSPS) is 15.5. The summed E-state index contributed by atoms with van der Waals surface area (Å²) in [6.45, 7) is 0.536. The Morgan fingerprint density at radius 2 is 1.63 bits per heavy atom. The summed E-state index contributed by atoms with van der Waals surface area (Å²) in [4.78, 5) is 15.7. The second kappa shape index (κ2) is 7.58. The summed E-state index contributed by atoms with van der Waals surface area (Å²) in [6.07, 6.45) is 2.94. The molecule has 156 valence electrons. The van der Waals surface area contributed by atoms with E-state index < -0.39 is 31.5 Å². The maximum atomic E-state index is 14.0. The first-order valence-electron chi connectivity index (χ1n) is 9.01. The van der Waals surface area contributed by atoms with Gasteiger partial charge in [-0.05, 0) is 24.3 Å². The predicted octanol–water partition coefficient (Wildman–Crippen LogP) is 2.93. The molecule has 0 amide bonds. The van der Waals surface area contributed by atoms with E-state index in [2.05, 4.69) is 4.98 Å². The molecule has 0 bridgehead atoms. The summed E-state index contributed by atoms with van der Waals surface area (Å²) < 4.78 is 54.5. The molecule has 0 unspecified atom stereocenters. The average molecular weight is 434 g/mol. The number of halogens is 2. The number of nitro groups is 1. The Hall–Kier alpha value is -3.18. The molecule has 30 heavy (non-hydrogen) atoms. The third-order valence-electron chi connectivity index (χ3n) is 5.06. The highest BCUT2D eigenvalue weighted by Gasteiger charge is 2.33. The largest absolute Gasteiger partial charge is 0.368 e. The van der Waals surface area contributed by atoms with E-state index in [1.807, 2.05) is 4.90 Å². The molecule has 0 spiro atoms. The van der Waals surface area contributed by atoms with Gasteiger partial charge in [0, 0.05) is 55.7 Å². The summed E-state index contributed by atoms with van der Waals surface area (Å²) in [5.74, 6) is -2.27. The summed E-state index contributed by atoms with van der Waals surface area (Å²) in [6, 6.07) is 7.58. The Morgan fingerprint density at radius 1 is 0.967 bits per heavy atom. The first-order chi connectivity index (χ1) is 14.3. The van der Waals surface area contributed by atoms with Crippen LogP contribution < -0.4 is 4.90 Å². The molecule has 0 radical (unpaired) electrons. The minimum Gasteiger partial charge on any atom is -0.368 e. The summed E-state index contributed by atoms with van der Waals surface area (Å²) in [5, 5.41) is 12.3. The fourth-order valence-corrected chi connectivity index (χ4v) is 5.15. The molecule has 8 nitrogen and oxygen atoms in total. The van der Waals surface area contributed by atoms with Crippen molar-refractivity contribution in [2.45, 2.75) is 4.90 Å². The van der Waals surface area contributed by atoms with Crippen LogP contribution in [0.4, 0.5) is 20.2 Å². The van der Waals surface area contributed by atoms with Crippen LogP contribution in [-0.4, -0.2) is 48.8 Å². The predicted molar refractivity (Wildman–Crippen MR) is 106 cm³/mol. The third kappa shape index (κ3) is 3.35. The molecule has 1 aromatic heterocycles. The van der Waals surface area contributed by atoms with Crippen molar-refractivity contribution in [3.05, 3.63) is 70.5 Å². The molecular weight excluding hydrogens is 418 g/mol. The van der Waals surface area contributed by atoms with E-state index in [1.54, 1.807) is 12.1 Å². The average Bonchev–Trinajstić information content (AvgIpc) is 2.72. The number of piperazine rings is 1. The number of nitrogens with zero attached hydrogens (tertiary/aromatic N) is 4. The van der Waals surface area contributed by atoms with Gasteiger partial charge in [-0.2, -0.15) is 4.31 Å². The minimum absolute atomic E-state index is 0.0136. The van der Waals surface area contributed by atoms with Gasteiger partial charge in [-0.1, -0.05) is 6.07 Å². The van der Waals surface area contributed by atoms with Crippen molar-refractivity contribution >= 4 is 32.2 Å². The Morgan fingerprint density at radius 3 is 2.27 bits per heavy atom. The van der Waals surface area contributed by atoms with Crippen LogP contribution in [-0.2, 0) is 10.0 Å². The second-order valence-corrected chi connectivity index (χ2v) is 8.60. The lowest BCUT2D eigenvalue weighted by molar-refractivity contribution is -0.383. The van der Waals surface area contributed by atoms with E-state index in [0.717, 1.165) is 22.5 Å².